The molecule has 2 N–H and O–H groups in total. The predicted octanol–water partition coefficient (Wildman–Crippen LogP) is 2.47. The van der Waals surface area contributed by atoms with Crippen LogP contribution in [-0.2, 0) is 14.8 Å². The van der Waals surface area contributed by atoms with Crippen LogP contribution in [0.4, 0.5) is 5.69 Å². The van der Waals surface area contributed by atoms with E-state index in [1.807, 2.05) is 0 Å². The third kappa shape index (κ3) is 5.39. The van der Waals surface area contributed by atoms with Gasteiger partial charge in [0.15, 0.2) is 6.61 Å². The van der Waals surface area contributed by atoms with E-state index in [9.17, 15) is 13.2 Å². The Morgan fingerprint density at radius 1 is 1.07 bits per heavy atom. The Bertz CT molecular complexity index is 1000. The maximum Gasteiger partial charge on any atom is 0.262 e. The van der Waals surface area contributed by atoms with Gasteiger partial charge in [0, 0.05) is 12.1 Å². The summed E-state index contributed by atoms with van der Waals surface area (Å²) in [5.74, 6) is 1.12. The number of anilines is 1. The van der Waals surface area contributed by atoms with Crippen LogP contribution in [0.5, 0.6) is 17.2 Å². The van der Waals surface area contributed by atoms with Crippen LogP contribution < -0.4 is 24.2 Å². The molecule has 1 aliphatic rings. The number of amides is 1. The molecule has 0 unspecified atom stereocenters. The summed E-state index contributed by atoms with van der Waals surface area (Å²) in [4.78, 5) is 12.5. The summed E-state index contributed by atoms with van der Waals surface area (Å²) >= 11 is 0. The monoisotopic (exact) mass is 420 g/mol. The van der Waals surface area contributed by atoms with Crippen LogP contribution in [0.3, 0.4) is 0 Å². The van der Waals surface area contributed by atoms with Crippen molar-refractivity contribution in [2.24, 2.45) is 0 Å². The van der Waals surface area contributed by atoms with Crippen LogP contribution in [0.1, 0.15) is 18.4 Å². The zero-order chi connectivity index (χ0) is 21.0. The first kappa shape index (κ1) is 20.9. The molecule has 2 aromatic carbocycles. The van der Waals surface area contributed by atoms with Gasteiger partial charge in [-0.3, -0.25) is 4.79 Å². The fourth-order valence-corrected chi connectivity index (χ4v) is 4.07. The quantitative estimate of drug-likeness (QED) is 0.646. The zero-order valence-corrected chi connectivity index (χ0v) is 17.3. The molecule has 0 heterocycles. The van der Waals surface area contributed by atoms with Gasteiger partial charge in [0.05, 0.1) is 24.8 Å². The first-order valence-electron chi connectivity index (χ1n) is 9.10. The molecule has 1 aliphatic carbocycles. The van der Waals surface area contributed by atoms with Gasteiger partial charge in [0.25, 0.3) is 5.91 Å². The number of sulfonamides is 1. The number of hydrogen-bond donors (Lipinski definition) is 2. The van der Waals surface area contributed by atoms with Crippen LogP contribution >= 0.6 is 0 Å². The number of methoxy groups -OCH3 is 2. The Balaban J connectivity index is 1.63. The normalized spacial score (nSPS) is 13.6. The maximum atomic E-state index is 12.3. The Hall–Kier alpha value is -2.78. The van der Waals surface area contributed by atoms with Crippen LogP contribution in [0.15, 0.2) is 41.3 Å². The Kier molecular flexibility index (Phi) is 6.29. The van der Waals surface area contributed by atoms with Crippen molar-refractivity contribution < 1.29 is 27.4 Å². The average molecular weight is 420 g/mol. The van der Waals surface area contributed by atoms with Gasteiger partial charge in [-0.2, -0.15) is 0 Å². The number of aryl methyl sites for hydroxylation is 1. The predicted molar refractivity (Wildman–Crippen MR) is 108 cm³/mol. The lowest BCUT2D eigenvalue weighted by atomic mass is 10.2. The summed E-state index contributed by atoms with van der Waals surface area (Å²) in [6.07, 6.45) is 1.74. The van der Waals surface area contributed by atoms with E-state index >= 15 is 0 Å². The van der Waals surface area contributed by atoms with Crippen molar-refractivity contribution in [2.75, 3.05) is 26.1 Å². The lowest BCUT2D eigenvalue weighted by Crippen LogP contribution is -2.25. The molecule has 0 bridgehead atoms. The highest BCUT2D eigenvalue weighted by molar-refractivity contribution is 7.89. The fourth-order valence-electron chi connectivity index (χ4n) is 2.68. The van der Waals surface area contributed by atoms with Crippen molar-refractivity contribution in [3.05, 3.63) is 42.0 Å². The molecule has 0 aromatic heterocycles. The van der Waals surface area contributed by atoms with Crippen molar-refractivity contribution in [3.63, 3.8) is 0 Å². The molecule has 8 nitrogen and oxygen atoms in total. The topological polar surface area (TPSA) is 103 Å². The van der Waals surface area contributed by atoms with Gasteiger partial charge in [-0.05, 0) is 55.7 Å². The molecule has 0 atom stereocenters. The first-order valence-corrected chi connectivity index (χ1v) is 10.6. The molecule has 3 rings (SSSR count). The maximum absolute atomic E-state index is 12.3. The van der Waals surface area contributed by atoms with E-state index in [1.165, 1.54) is 26.4 Å². The summed E-state index contributed by atoms with van der Waals surface area (Å²) in [5, 5.41) is 2.72. The lowest BCUT2D eigenvalue weighted by Gasteiger charge is -2.13. The van der Waals surface area contributed by atoms with E-state index in [1.54, 1.807) is 31.2 Å². The molecule has 9 heteroatoms. The van der Waals surface area contributed by atoms with Gasteiger partial charge in [-0.25, -0.2) is 13.1 Å². The molecule has 29 heavy (non-hydrogen) atoms. The van der Waals surface area contributed by atoms with E-state index in [0.29, 0.717) is 28.5 Å². The Morgan fingerprint density at radius 3 is 2.41 bits per heavy atom. The van der Waals surface area contributed by atoms with E-state index in [-0.39, 0.29) is 23.5 Å². The second-order valence-corrected chi connectivity index (χ2v) is 8.44. The van der Waals surface area contributed by atoms with Gasteiger partial charge < -0.3 is 19.5 Å². The van der Waals surface area contributed by atoms with Crippen LogP contribution in [0.2, 0.25) is 0 Å². The minimum Gasteiger partial charge on any atom is -0.497 e. The van der Waals surface area contributed by atoms with Gasteiger partial charge in [0.2, 0.25) is 10.0 Å². The van der Waals surface area contributed by atoms with Gasteiger partial charge in [0.1, 0.15) is 17.2 Å². The van der Waals surface area contributed by atoms with E-state index < -0.39 is 10.0 Å². The molecule has 0 radical (unpaired) electrons. The second-order valence-electron chi connectivity index (χ2n) is 6.73. The minimum absolute atomic E-state index is 0.0357. The van der Waals surface area contributed by atoms with Gasteiger partial charge in [-0.1, -0.05) is 0 Å². The Morgan fingerprint density at radius 2 is 1.79 bits per heavy atom. The number of hydrogen-bond acceptors (Lipinski definition) is 6. The average Bonchev–Trinajstić information content (AvgIpc) is 3.50. The van der Waals surface area contributed by atoms with Crippen molar-refractivity contribution in [2.45, 2.75) is 30.7 Å². The summed E-state index contributed by atoms with van der Waals surface area (Å²) in [5.41, 5.74) is 1.08. The number of ether oxygens (including phenoxy) is 3. The molecular weight excluding hydrogens is 396 g/mol. The zero-order valence-electron chi connectivity index (χ0n) is 16.5. The fraction of sp³-hybridized carbons (Fsp3) is 0.350. The molecular formula is C20H24N2O6S. The van der Waals surface area contributed by atoms with Crippen molar-refractivity contribution in [3.8, 4) is 17.2 Å². The van der Waals surface area contributed by atoms with E-state index in [2.05, 4.69) is 10.0 Å². The standard InChI is InChI=1S/C20H24N2O6S/c1-13-10-16(29(24,25)22-14-4-5-14)7-9-18(13)28-12-20(23)21-17-11-15(26-2)6-8-19(17)27-3/h6-11,14,22H,4-5,12H2,1-3H3,(H,21,23). The van der Waals surface area contributed by atoms with Crippen LogP contribution in [0.25, 0.3) is 0 Å². The third-order valence-electron chi connectivity index (χ3n) is 4.40. The number of rotatable bonds is 9. The molecule has 1 amide bonds. The highest BCUT2D eigenvalue weighted by atomic mass is 32.2. The third-order valence-corrected chi connectivity index (χ3v) is 5.91. The molecule has 0 spiro atoms. The highest BCUT2D eigenvalue weighted by Crippen LogP contribution is 2.29. The lowest BCUT2D eigenvalue weighted by molar-refractivity contribution is -0.118. The largest absolute Gasteiger partial charge is 0.497 e. The van der Waals surface area contributed by atoms with Gasteiger partial charge >= 0.3 is 0 Å². The number of carbonyl (C=O) groups excluding carboxylic acids is 1. The molecule has 156 valence electrons. The Labute approximate surface area is 170 Å². The van der Waals surface area contributed by atoms with Crippen molar-refractivity contribution >= 4 is 21.6 Å². The summed E-state index contributed by atoms with van der Waals surface area (Å²) in [6.45, 7) is 1.49. The second kappa shape index (κ2) is 8.71. The van der Waals surface area contributed by atoms with E-state index in [0.717, 1.165) is 12.8 Å². The molecule has 0 saturated heterocycles. The minimum atomic E-state index is -3.53. The first-order chi connectivity index (χ1) is 13.8. The van der Waals surface area contributed by atoms with Crippen LogP contribution in [-0.4, -0.2) is 41.2 Å². The summed E-state index contributed by atoms with van der Waals surface area (Å²) in [6, 6.07) is 9.65. The van der Waals surface area contributed by atoms with Crippen molar-refractivity contribution in [1.29, 1.82) is 0 Å². The van der Waals surface area contributed by atoms with E-state index in [4.69, 9.17) is 14.2 Å². The molecule has 2 aromatic rings. The number of nitrogens with one attached hydrogen (secondary N) is 2. The van der Waals surface area contributed by atoms with Crippen LogP contribution in [0, 0.1) is 6.92 Å². The summed E-state index contributed by atoms with van der Waals surface area (Å²) in [7, 11) is -0.497. The van der Waals surface area contributed by atoms with Crippen molar-refractivity contribution in [1.82, 2.24) is 4.72 Å². The number of benzene rings is 2. The summed E-state index contributed by atoms with van der Waals surface area (Å²) < 4.78 is 43.2. The SMILES string of the molecule is COc1ccc(OC)c(NC(=O)COc2ccc(S(=O)(=O)NC3CC3)cc2C)c1. The highest BCUT2D eigenvalue weighted by Gasteiger charge is 2.28. The molecule has 1 fully saturated rings. The number of carbonyl (C=O) groups is 1. The molecule has 1 saturated carbocycles. The van der Waals surface area contributed by atoms with Gasteiger partial charge in [-0.15, -0.1) is 0 Å². The smallest absolute Gasteiger partial charge is 0.262 e. The molecule has 0 aliphatic heterocycles.